The van der Waals surface area contributed by atoms with Crippen molar-refractivity contribution in [2.24, 2.45) is 0 Å². The highest BCUT2D eigenvalue weighted by Crippen LogP contribution is 2.28. The van der Waals surface area contributed by atoms with Gasteiger partial charge in [-0.1, -0.05) is 6.07 Å². The van der Waals surface area contributed by atoms with E-state index in [9.17, 15) is 18.3 Å². The maximum atomic E-state index is 12.6. The molecule has 174 valence electrons. The highest BCUT2D eigenvalue weighted by molar-refractivity contribution is 7.89. The van der Waals surface area contributed by atoms with Gasteiger partial charge in [0.15, 0.2) is 11.5 Å². The smallest absolute Gasteiger partial charge is 0.337 e. The van der Waals surface area contributed by atoms with Gasteiger partial charge in [0.1, 0.15) is 0 Å². The van der Waals surface area contributed by atoms with Crippen molar-refractivity contribution in [3.05, 3.63) is 47.5 Å². The summed E-state index contributed by atoms with van der Waals surface area (Å²) in [4.78, 5) is 11.7. The van der Waals surface area contributed by atoms with Crippen LogP contribution in [-0.2, 0) is 21.2 Å². The number of benzene rings is 2. The van der Waals surface area contributed by atoms with Crippen LogP contribution in [-0.4, -0.2) is 59.5 Å². The van der Waals surface area contributed by atoms with Crippen LogP contribution in [0.2, 0.25) is 0 Å². The predicted molar refractivity (Wildman–Crippen MR) is 119 cm³/mol. The number of carboxylic acid groups (broad SMARTS) is 1. The van der Waals surface area contributed by atoms with E-state index in [0.717, 1.165) is 18.4 Å². The molecule has 10 heteroatoms. The lowest BCUT2D eigenvalue weighted by Crippen LogP contribution is -2.32. The minimum absolute atomic E-state index is 0.0988. The molecule has 9 nitrogen and oxygen atoms in total. The highest BCUT2D eigenvalue weighted by Gasteiger charge is 2.22. The summed E-state index contributed by atoms with van der Waals surface area (Å²) in [6.45, 7) is 1.23. The number of hydrogen-bond donors (Lipinski definition) is 3. The molecule has 0 spiro atoms. The molecule has 1 fully saturated rings. The van der Waals surface area contributed by atoms with Gasteiger partial charge < -0.3 is 24.6 Å². The van der Waals surface area contributed by atoms with Crippen molar-refractivity contribution in [3.8, 4) is 11.5 Å². The molecule has 1 saturated heterocycles. The standard InChI is InChI=1S/C22H28N2O7S/c1-29-20-8-5-15(12-21(20)30-2)9-10-23-19-7-6-17(13-18(19)22(25)26)32(27,28)24-14-16-4-3-11-31-16/h5-8,12-13,16,23-24H,3-4,9-11,14H2,1-2H3,(H,25,26)/t16-/m1/s1. The van der Waals surface area contributed by atoms with Gasteiger partial charge in [-0.2, -0.15) is 0 Å². The first-order chi connectivity index (χ1) is 15.3. The molecule has 3 rings (SSSR count). The fourth-order valence-electron chi connectivity index (χ4n) is 3.49. The summed E-state index contributed by atoms with van der Waals surface area (Å²) >= 11 is 0. The van der Waals surface area contributed by atoms with E-state index in [2.05, 4.69) is 10.0 Å². The molecule has 2 aromatic carbocycles. The lowest BCUT2D eigenvalue weighted by Gasteiger charge is -2.14. The first kappa shape index (κ1) is 23.8. The number of nitrogens with one attached hydrogen (secondary N) is 2. The normalized spacial score (nSPS) is 16.0. The van der Waals surface area contributed by atoms with Crippen molar-refractivity contribution >= 4 is 21.7 Å². The Morgan fingerprint density at radius 1 is 1.16 bits per heavy atom. The van der Waals surface area contributed by atoms with Gasteiger partial charge in [-0.15, -0.1) is 0 Å². The second-order valence-electron chi connectivity index (χ2n) is 7.37. The Labute approximate surface area is 187 Å². The van der Waals surface area contributed by atoms with Crippen LogP contribution in [0.25, 0.3) is 0 Å². The summed E-state index contributed by atoms with van der Waals surface area (Å²) in [5, 5.41) is 12.7. The molecule has 0 aromatic heterocycles. The number of ether oxygens (including phenoxy) is 3. The lowest BCUT2D eigenvalue weighted by molar-refractivity contribution is 0.0697. The van der Waals surface area contributed by atoms with E-state index in [0.29, 0.717) is 36.8 Å². The molecule has 0 unspecified atom stereocenters. The Balaban J connectivity index is 1.67. The molecular weight excluding hydrogens is 436 g/mol. The van der Waals surface area contributed by atoms with E-state index in [1.54, 1.807) is 20.3 Å². The van der Waals surface area contributed by atoms with E-state index in [-0.39, 0.29) is 23.1 Å². The summed E-state index contributed by atoms with van der Waals surface area (Å²) in [5.74, 6) is 0.0263. The van der Waals surface area contributed by atoms with Crippen molar-refractivity contribution < 1.29 is 32.5 Å². The quantitative estimate of drug-likeness (QED) is 0.464. The second kappa shape index (κ2) is 10.7. The van der Waals surface area contributed by atoms with Crippen LogP contribution in [0.15, 0.2) is 41.3 Å². The second-order valence-corrected chi connectivity index (χ2v) is 9.13. The van der Waals surface area contributed by atoms with Gasteiger partial charge in [-0.3, -0.25) is 0 Å². The van der Waals surface area contributed by atoms with Crippen molar-refractivity contribution in [1.29, 1.82) is 0 Å². The zero-order chi connectivity index (χ0) is 23.1. The van der Waals surface area contributed by atoms with E-state index in [1.807, 2.05) is 12.1 Å². The average molecular weight is 465 g/mol. The molecular formula is C22H28N2O7S. The fourth-order valence-corrected chi connectivity index (χ4v) is 4.58. The van der Waals surface area contributed by atoms with E-state index >= 15 is 0 Å². The van der Waals surface area contributed by atoms with E-state index in [1.165, 1.54) is 18.2 Å². The monoisotopic (exact) mass is 464 g/mol. The summed E-state index contributed by atoms with van der Waals surface area (Å²) < 4.78 is 43.6. The molecule has 0 bridgehead atoms. The number of rotatable bonds is 11. The Bertz CT molecular complexity index is 1050. The van der Waals surface area contributed by atoms with Gasteiger partial charge >= 0.3 is 5.97 Å². The summed E-state index contributed by atoms with van der Waals surface area (Å²) in [7, 11) is -0.722. The third-order valence-electron chi connectivity index (χ3n) is 5.23. The summed E-state index contributed by atoms with van der Waals surface area (Å²) in [5.41, 5.74) is 1.21. The first-order valence-electron chi connectivity index (χ1n) is 10.3. The predicted octanol–water partition coefficient (Wildman–Crippen LogP) is 2.51. The van der Waals surface area contributed by atoms with Crippen LogP contribution in [0.1, 0.15) is 28.8 Å². The van der Waals surface area contributed by atoms with Gasteiger partial charge in [-0.25, -0.2) is 17.9 Å². The van der Waals surface area contributed by atoms with Gasteiger partial charge in [0.2, 0.25) is 10.0 Å². The molecule has 1 aliphatic heterocycles. The average Bonchev–Trinajstić information content (AvgIpc) is 3.31. The van der Waals surface area contributed by atoms with Crippen LogP contribution in [0, 0.1) is 0 Å². The molecule has 1 atom stereocenters. The van der Waals surface area contributed by atoms with Crippen LogP contribution in [0.5, 0.6) is 11.5 Å². The zero-order valence-corrected chi connectivity index (χ0v) is 18.9. The Hall–Kier alpha value is -2.82. The molecule has 1 heterocycles. The lowest BCUT2D eigenvalue weighted by atomic mass is 10.1. The number of hydrogen-bond acceptors (Lipinski definition) is 7. The fraction of sp³-hybridized carbons (Fsp3) is 0.409. The number of sulfonamides is 1. The molecule has 0 saturated carbocycles. The maximum absolute atomic E-state index is 12.6. The van der Waals surface area contributed by atoms with Gasteiger partial charge in [0.25, 0.3) is 0 Å². The van der Waals surface area contributed by atoms with Crippen LogP contribution < -0.4 is 19.5 Å². The number of anilines is 1. The van der Waals surface area contributed by atoms with E-state index in [4.69, 9.17) is 14.2 Å². The minimum Gasteiger partial charge on any atom is -0.493 e. The molecule has 0 radical (unpaired) electrons. The molecule has 0 aliphatic carbocycles. The maximum Gasteiger partial charge on any atom is 0.337 e. The largest absolute Gasteiger partial charge is 0.493 e. The number of aromatic carboxylic acids is 1. The van der Waals surface area contributed by atoms with Gasteiger partial charge in [0.05, 0.1) is 30.8 Å². The minimum atomic E-state index is -3.85. The number of carbonyl (C=O) groups is 1. The summed E-state index contributed by atoms with van der Waals surface area (Å²) in [6, 6.07) is 9.59. The van der Waals surface area contributed by atoms with Crippen LogP contribution >= 0.6 is 0 Å². The molecule has 1 aliphatic rings. The number of methoxy groups -OCH3 is 2. The van der Waals surface area contributed by atoms with E-state index < -0.39 is 16.0 Å². The highest BCUT2D eigenvalue weighted by atomic mass is 32.2. The molecule has 32 heavy (non-hydrogen) atoms. The topological polar surface area (TPSA) is 123 Å². The SMILES string of the molecule is COc1ccc(CCNc2ccc(S(=O)(=O)NC[C@H]3CCCO3)cc2C(=O)O)cc1OC. The van der Waals surface area contributed by atoms with Crippen molar-refractivity contribution in [2.45, 2.75) is 30.3 Å². The first-order valence-corrected chi connectivity index (χ1v) is 11.8. The summed E-state index contributed by atoms with van der Waals surface area (Å²) in [6.07, 6.45) is 2.15. The third kappa shape index (κ3) is 5.90. The molecule has 2 aromatic rings. The van der Waals surface area contributed by atoms with Crippen LogP contribution in [0.3, 0.4) is 0 Å². The van der Waals surface area contributed by atoms with Crippen molar-refractivity contribution in [2.75, 3.05) is 39.2 Å². The third-order valence-corrected chi connectivity index (χ3v) is 6.66. The number of carboxylic acids is 1. The van der Waals surface area contributed by atoms with Gasteiger partial charge in [-0.05, 0) is 55.2 Å². The Morgan fingerprint density at radius 3 is 2.59 bits per heavy atom. The van der Waals surface area contributed by atoms with Gasteiger partial charge in [0, 0.05) is 25.4 Å². The Morgan fingerprint density at radius 2 is 1.94 bits per heavy atom. The molecule has 0 amide bonds. The van der Waals surface area contributed by atoms with Crippen molar-refractivity contribution in [3.63, 3.8) is 0 Å². The van der Waals surface area contributed by atoms with Crippen molar-refractivity contribution in [1.82, 2.24) is 4.72 Å². The Kier molecular flexibility index (Phi) is 7.94. The zero-order valence-electron chi connectivity index (χ0n) is 18.1. The van der Waals surface area contributed by atoms with Crippen LogP contribution in [0.4, 0.5) is 5.69 Å². The molecule has 3 N–H and O–H groups in total.